The second-order valence-corrected chi connectivity index (χ2v) is 10.1. The molecule has 0 spiro atoms. The fourth-order valence-electron chi connectivity index (χ4n) is 4.24. The standard InChI is InChI=1S/C27H20F5N5O4S/c1-35-20-7-8-37(22(20)24(39)36(2)26(35)40)11-21(38)34-25-33-19(13-42-25)15-9-17(28)23(18(29)10-15)41-12-14-3-5-16(6-4-14)27(30,31)32/h3-10,13H,11-12H2,1-2H3,(H,33,34,38). The number of aromatic nitrogens is 4. The van der Waals surface area contributed by atoms with Gasteiger partial charge in [0.2, 0.25) is 5.91 Å². The predicted octanol–water partition coefficient (Wildman–Crippen LogP) is 4.68. The molecule has 0 fully saturated rings. The molecular weight excluding hydrogens is 585 g/mol. The van der Waals surface area contributed by atoms with Gasteiger partial charge in [0.15, 0.2) is 22.5 Å². The van der Waals surface area contributed by atoms with Crippen LogP contribution in [0, 0.1) is 11.6 Å². The normalized spacial score (nSPS) is 11.7. The molecule has 0 unspecified atom stereocenters. The number of thiazole rings is 1. The van der Waals surface area contributed by atoms with Gasteiger partial charge in [0.05, 0.1) is 16.8 Å². The monoisotopic (exact) mass is 605 g/mol. The number of benzene rings is 2. The quantitative estimate of drug-likeness (QED) is 0.272. The van der Waals surface area contributed by atoms with E-state index in [9.17, 15) is 36.3 Å². The summed E-state index contributed by atoms with van der Waals surface area (Å²) < 4.78 is 76.4. The highest BCUT2D eigenvalue weighted by molar-refractivity contribution is 7.14. The van der Waals surface area contributed by atoms with Gasteiger partial charge in [-0.3, -0.25) is 18.7 Å². The average Bonchev–Trinajstić information content (AvgIpc) is 3.57. The average molecular weight is 606 g/mol. The highest BCUT2D eigenvalue weighted by Gasteiger charge is 2.30. The molecule has 0 saturated carbocycles. The van der Waals surface area contributed by atoms with Gasteiger partial charge >= 0.3 is 11.9 Å². The van der Waals surface area contributed by atoms with Crippen molar-refractivity contribution in [2.45, 2.75) is 19.3 Å². The van der Waals surface area contributed by atoms with Crippen molar-refractivity contribution in [3.8, 4) is 17.0 Å². The summed E-state index contributed by atoms with van der Waals surface area (Å²) >= 11 is 1.01. The molecule has 3 heterocycles. The van der Waals surface area contributed by atoms with Crippen molar-refractivity contribution >= 4 is 33.4 Å². The molecule has 0 radical (unpaired) electrons. The minimum atomic E-state index is -4.51. The first-order chi connectivity index (χ1) is 19.8. The number of rotatable bonds is 7. The summed E-state index contributed by atoms with van der Waals surface area (Å²) in [4.78, 5) is 41.6. The smallest absolute Gasteiger partial charge is 0.416 e. The summed E-state index contributed by atoms with van der Waals surface area (Å²) in [6.45, 7) is -0.628. The number of nitrogens with one attached hydrogen (secondary N) is 1. The Morgan fingerprint density at radius 1 is 1.02 bits per heavy atom. The molecule has 218 valence electrons. The van der Waals surface area contributed by atoms with Crippen LogP contribution in [0.5, 0.6) is 5.75 Å². The molecule has 42 heavy (non-hydrogen) atoms. The highest BCUT2D eigenvalue weighted by atomic mass is 32.1. The van der Waals surface area contributed by atoms with E-state index in [0.29, 0.717) is 5.52 Å². The summed E-state index contributed by atoms with van der Waals surface area (Å²) in [7, 11) is 2.84. The minimum absolute atomic E-state index is 0.0597. The van der Waals surface area contributed by atoms with E-state index in [4.69, 9.17) is 4.74 Å². The van der Waals surface area contributed by atoms with E-state index in [0.717, 1.165) is 52.3 Å². The zero-order valence-corrected chi connectivity index (χ0v) is 22.6. The Morgan fingerprint density at radius 3 is 2.33 bits per heavy atom. The van der Waals surface area contributed by atoms with Crippen LogP contribution in [0.4, 0.5) is 27.1 Å². The van der Waals surface area contributed by atoms with Crippen molar-refractivity contribution in [3.63, 3.8) is 0 Å². The minimum Gasteiger partial charge on any atom is -0.483 e. The predicted molar refractivity (Wildman–Crippen MR) is 144 cm³/mol. The van der Waals surface area contributed by atoms with Gasteiger partial charge in [-0.2, -0.15) is 13.2 Å². The van der Waals surface area contributed by atoms with Crippen LogP contribution in [0.2, 0.25) is 0 Å². The van der Waals surface area contributed by atoms with Gasteiger partial charge in [0.1, 0.15) is 18.7 Å². The summed E-state index contributed by atoms with van der Waals surface area (Å²) in [6, 6.07) is 7.51. The van der Waals surface area contributed by atoms with Gasteiger partial charge in [0.25, 0.3) is 5.56 Å². The second kappa shape index (κ2) is 10.9. The Morgan fingerprint density at radius 2 is 1.69 bits per heavy atom. The molecule has 0 bridgehead atoms. The number of amides is 1. The number of halogens is 5. The number of alkyl halides is 3. The van der Waals surface area contributed by atoms with E-state index in [1.807, 2.05) is 0 Å². The molecule has 2 aromatic carbocycles. The van der Waals surface area contributed by atoms with Crippen LogP contribution in [0.25, 0.3) is 22.3 Å². The number of hydrogen-bond donors (Lipinski definition) is 1. The van der Waals surface area contributed by atoms with Crippen molar-refractivity contribution in [1.82, 2.24) is 18.7 Å². The van der Waals surface area contributed by atoms with E-state index < -0.39 is 46.3 Å². The molecule has 0 saturated heterocycles. The maximum atomic E-state index is 14.7. The molecule has 3 aromatic heterocycles. The first-order valence-corrected chi connectivity index (χ1v) is 13.0. The number of aryl methyl sites for hydroxylation is 1. The molecule has 5 aromatic rings. The lowest BCUT2D eigenvalue weighted by atomic mass is 10.1. The molecule has 0 aliphatic rings. The second-order valence-electron chi connectivity index (χ2n) is 9.22. The SMILES string of the molecule is Cn1c(=O)c2c(ccn2CC(=O)Nc2nc(-c3cc(F)c(OCc4ccc(C(F)(F)F)cc4)c(F)c3)cs2)n(C)c1=O. The zero-order valence-electron chi connectivity index (χ0n) is 21.8. The van der Waals surface area contributed by atoms with E-state index >= 15 is 0 Å². The number of carbonyl (C=O) groups is 1. The Hall–Kier alpha value is -4.79. The molecule has 15 heteroatoms. The molecule has 1 N–H and O–H groups in total. The van der Waals surface area contributed by atoms with Crippen LogP contribution < -0.4 is 21.3 Å². The first kappa shape index (κ1) is 28.7. The summed E-state index contributed by atoms with van der Waals surface area (Å²) in [6.07, 6.45) is -3.00. The third kappa shape index (κ3) is 5.54. The van der Waals surface area contributed by atoms with Crippen LogP contribution in [0.15, 0.2) is 63.6 Å². The summed E-state index contributed by atoms with van der Waals surface area (Å²) in [5.41, 5.74) is -0.881. The van der Waals surface area contributed by atoms with Crippen molar-refractivity contribution in [1.29, 1.82) is 0 Å². The number of ether oxygens (including phenoxy) is 1. The van der Waals surface area contributed by atoms with Crippen LogP contribution in [0.3, 0.4) is 0 Å². The maximum absolute atomic E-state index is 14.7. The Kier molecular flexibility index (Phi) is 7.45. The molecule has 9 nitrogen and oxygen atoms in total. The number of fused-ring (bicyclic) bond motifs is 1. The third-order valence-electron chi connectivity index (χ3n) is 6.41. The number of anilines is 1. The molecule has 0 atom stereocenters. The van der Waals surface area contributed by atoms with Gasteiger partial charge in [0, 0.05) is 31.2 Å². The fraction of sp³-hybridized carbons (Fsp3) is 0.185. The fourth-order valence-corrected chi connectivity index (χ4v) is 4.97. The van der Waals surface area contributed by atoms with Crippen LogP contribution in [-0.4, -0.2) is 24.6 Å². The van der Waals surface area contributed by atoms with Crippen LogP contribution >= 0.6 is 11.3 Å². The lowest BCUT2D eigenvalue weighted by molar-refractivity contribution is -0.137. The summed E-state index contributed by atoms with van der Waals surface area (Å²) in [5.74, 6) is -3.34. The van der Waals surface area contributed by atoms with Crippen molar-refractivity contribution in [2.24, 2.45) is 14.1 Å². The Balaban J connectivity index is 1.27. The molecule has 0 aliphatic carbocycles. The molecule has 5 rings (SSSR count). The topological polar surface area (TPSA) is 100 Å². The van der Waals surface area contributed by atoms with Crippen LogP contribution in [0.1, 0.15) is 11.1 Å². The lowest BCUT2D eigenvalue weighted by Gasteiger charge is -2.11. The third-order valence-corrected chi connectivity index (χ3v) is 7.17. The van der Waals surface area contributed by atoms with E-state index in [1.54, 1.807) is 6.07 Å². The number of carbonyl (C=O) groups excluding carboxylic acids is 1. The molecule has 0 aliphatic heterocycles. The molecular formula is C27H20F5N5O4S. The van der Waals surface area contributed by atoms with Gasteiger partial charge in [-0.15, -0.1) is 11.3 Å². The number of nitrogens with zero attached hydrogens (tertiary/aromatic N) is 4. The largest absolute Gasteiger partial charge is 0.483 e. The maximum Gasteiger partial charge on any atom is 0.416 e. The Bertz CT molecular complexity index is 1920. The van der Waals surface area contributed by atoms with Crippen molar-refractivity contribution in [2.75, 3.05) is 5.32 Å². The zero-order chi connectivity index (χ0) is 30.3. The van der Waals surface area contributed by atoms with Gasteiger partial charge in [-0.05, 0) is 35.9 Å². The van der Waals surface area contributed by atoms with Gasteiger partial charge in [-0.25, -0.2) is 18.6 Å². The Labute approximate surface area is 237 Å². The van der Waals surface area contributed by atoms with E-state index in [2.05, 4.69) is 10.3 Å². The van der Waals surface area contributed by atoms with E-state index in [-0.39, 0.29) is 40.6 Å². The van der Waals surface area contributed by atoms with Crippen molar-refractivity contribution in [3.05, 3.63) is 97.6 Å². The van der Waals surface area contributed by atoms with E-state index in [1.165, 1.54) is 34.8 Å². The van der Waals surface area contributed by atoms with Crippen molar-refractivity contribution < 1.29 is 31.5 Å². The number of hydrogen-bond acceptors (Lipinski definition) is 6. The summed E-state index contributed by atoms with van der Waals surface area (Å²) in [5, 5.41) is 4.18. The first-order valence-electron chi connectivity index (χ1n) is 12.1. The molecule has 1 amide bonds. The van der Waals surface area contributed by atoms with Gasteiger partial charge < -0.3 is 14.6 Å². The van der Waals surface area contributed by atoms with Gasteiger partial charge in [-0.1, -0.05) is 12.1 Å². The lowest BCUT2D eigenvalue weighted by Crippen LogP contribution is -2.37. The highest BCUT2D eigenvalue weighted by Crippen LogP contribution is 2.32. The van der Waals surface area contributed by atoms with Crippen LogP contribution in [-0.2, 0) is 38.2 Å².